The fourth-order valence-electron chi connectivity index (χ4n) is 1.96. The van der Waals surface area contributed by atoms with Crippen molar-refractivity contribution in [3.8, 4) is 0 Å². The Balaban J connectivity index is 0.000000677. The van der Waals surface area contributed by atoms with Crippen molar-refractivity contribution in [1.29, 1.82) is 0 Å². The lowest BCUT2D eigenvalue weighted by Crippen LogP contribution is -2.36. The van der Waals surface area contributed by atoms with Crippen molar-refractivity contribution in [1.82, 2.24) is 0 Å². The van der Waals surface area contributed by atoms with Crippen LogP contribution in [0.3, 0.4) is 0 Å². The van der Waals surface area contributed by atoms with Crippen molar-refractivity contribution < 1.29 is 9.50 Å². The van der Waals surface area contributed by atoms with Crippen LogP contribution in [0.2, 0.25) is 0 Å². The monoisotopic (exact) mass is 289 g/mol. The zero-order chi connectivity index (χ0) is 15.9. The van der Waals surface area contributed by atoms with Gasteiger partial charge in [0.2, 0.25) is 0 Å². The third-order valence-corrected chi connectivity index (χ3v) is 3.15. The van der Waals surface area contributed by atoms with Gasteiger partial charge >= 0.3 is 0 Å². The molecule has 0 fully saturated rings. The second-order valence-corrected chi connectivity index (χ2v) is 5.14. The minimum Gasteiger partial charge on any atom is -0.379 e. The highest BCUT2D eigenvalue weighted by Crippen LogP contribution is 2.28. The highest BCUT2D eigenvalue weighted by atomic mass is 19.1. The Morgan fingerprint density at radius 3 is 1.71 bits per heavy atom. The Morgan fingerprint density at radius 1 is 0.952 bits per heavy atom. The van der Waals surface area contributed by atoms with Gasteiger partial charge in [0.15, 0.2) is 0 Å². The normalized spacial score (nSPS) is 13.0. The average molecular weight is 289 g/mol. The predicted octanol–water partition coefficient (Wildman–Crippen LogP) is 3.75. The van der Waals surface area contributed by atoms with Gasteiger partial charge in [-0.25, -0.2) is 4.39 Å². The van der Waals surface area contributed by atoms with E-state index in [2.05, 4.69) is 13.8 Å². The third-order valence-electron chi connectivity index (χ3n) is 3.15. The number of nitrogens with two attached hydrogens (primary N) is 1. The van der Waals surface area contributed by atoms with Crippen LogP contribution in [0, 0.1) is 12.7 Å². The summed E-state index contributed by atoms with van der Waals surface area (Å²) >= 11 is 0. The van der Waals surface area contributed by atoms with Crippen LogP contribution < -0.4 is 5.73 Å². The predicted molar refractivity (Wildman–Crippen MR) is 85.6 cm³/mol. The number of aryl methyl sites for hydroxylation is 1. The summed E-state index contributed by atoms with van der Waals surface area (Å²) in [4.78, 5) is 0. The molecule has 2 rings (SSSR count). The minimum atomic E-state index is -1.28. The molecule has 2 aromatic rings. The van der Waals surface area contributed by atoms with E-state index < -0.39 is 5.60 Å². The van der Waals surface area contributed by atoms with Crippen LogP contribution in [0.4, 0.5) is 4.39 Å². The van der Waals surface area contributed by atoms with E-state index in [4.69, 9.17) is 5.73 Å². The molecule has 0 heterocycles. The van der Waals surface area contributed by atoms with Crippen molar-refractivity contribution in [2.45, 2.75) is 32.8 Å². The first-order valence-electron chi connectivity index (χ1n) is 7.23. The van der Waals surface area contributed by atoms with Gasteiger partial charge in [0.1, 0.15) is 11.4 Å². The number of hydrogen-bond acceptors (Lipinski definition) is 2. The summed E-state index contributed by atoms with van der Waals surface area (Å²) in [6.07, 6.45) is 1.25. The average Bonchev–Trinajstić information content (AvgIpc) is 2.49. The lowest BCUT2D eigenvalue weighted by molar-refractivity contribution is 0.0901. The molecule has 0 saturated carbocycles. The van der Waals surface area contributed by atoms with Crippen molar-refractivity contribution in [2.75, 3.05) is 6.54 Å². The van der Waals surface area contributed by atoms with Gasteiger partial charge in [-0.15, -0.1) is 0 Å². The molecule has 2 nitrogen and oxygen atoms in total. The number of halogens is 1. The maximum Gasteiger partial charge on any atom is 0.127 e. The van der Waals surface area contributed by atoms with E-state index in [1.807, 2.05) is 31.2 Å². The largest absolute Gasteiger partial charge is 0.379 e. The van der Waals surface area contributed by atoms with Crippen LogP contribution in [0.5, 0.6) is 0 Å². The Hall–Kier alpha value is -1.71. The van der Waals surface area contributed by atoms with Crippen molar-refractivity contribution in [2.24, 2.45) is 5.73 Å². The molecule has 0 radical (unpaired) electrons. The molecule has 114 valence electrons. The van der Waals surface area contributed by atoms with Crippen LogP contribution in [-0.4, -0.2) is 11.7 Å². The standard InChI is InChI=1S/C15H16FNO.C3H8/c1-11-2-4-12(5-3-11)15(18,10-17)13-6-8-14(16)9-7-13;1-3-2/h2-9,18H,10,17H2,1H3;3H2,1-2H3. The highest BCUT2D eigenvalue weighted by Gasteiger charge is 2.29. The third kappa shape index (κ3) is 4.38. The molecule has 3 N–H and O–H groups in total. The van der Waals surface area contributed by atoms with Crippen LogP contribution in [0.25, 0.3) is 0 Å². The summed E-state index contributed by atoms with van der Waals surface area (Å²) in [6, 6.07) is 13.3. The quantitative estimate of drug-likeness (QED) is 0.904. The summed E-state index contributed by atoms with van der Waals surface area (Å²) in [5.41, 5.74) is 6.84. The molecule has 0 aliphatic carbocycles. The van der Waals surface area contributed by atoms with Crippen LogP contribution in [-0.2, 0) is 5.60 Å². The van der Waals surface area contributed by atoms with E-state index in [-0.39, 0.29) is 12.4 Å². The Bertz CT molecular complexity index is 489. The molecular formula is C18H24FNO. The van der Waals surface area contributed by atoms with Gasteiger partial charge in [-0.2, -0.15) is 0 Å². The minimum absolute atomic E-state index is 0.0433. The molecule has 0 spiro atoms. The fraction of sp³-hybridized carbons (Fsp3) is 0.333. The topological polar surface area (TPSA) is 46.2 Å². The van der Waals surface area contributed by atoms with Crippen LogP contribution in [0.15, 0.2) is 48.5 Å². The van der Waals surface area contributed by atoms with Gasteiger partial charge in [0, 0.05) is 6.54 Å². The Labute approximate surface area is 126 Å². The van der Waals surface area contributed by atoms with E-state index in [0.717, 1.165) is 5.56 Å². The number of rotatable bonds is 3. The Kier molecular flexibility index (Phi) is 6.53. The van der Waals surface area contributed by atoms with Crippen LogP contribution in [0.1, 0.15) is 37.0 Å². The Morgan fingerprint density at radius 2 is 1.33 bits per heavy atom. The number of benzene rings is 2. The van der Waals surface area contributed by atoms with E-state index >= 15 is 0 Å². The summed E-state index contributed by atoms with van der Waals surface area (Å²) in [6.45, 7) is 6.27. The molecule has 1 unspecified atom stereocenters. The summed E-state index contributed by atoms with van der Waals surface area (Å²) in [7, 11) is 0. The highest BCUT2D eigenvalue weighted by molar-refractivity contribution is 5.37. The molecule has 1 atom stereocenters. The van der Waals surface area contributed by atoms with E-state index in [1.54, 1.807) is 12.1 Å². The molecule has 0 bridgehead atoms. The van der Waals surface area contributed by atoms with E-state index in [1.165, 1.54) is 18.6 Å². The molecular weight excluding hydrogens is 265 g/mol. The smallest absolute Gasteiger partial charge is 0.127 e. The molecule has 0 aromatic heterocycles. The van der Waals surface area contributed by atoms with Gasteiger partial charge in [0.25, 0.3) is 0 Å². The van der Waals surface area contributed by atoms with Crippen molar-refractivity contribution in [3.63, 3.8) is 0 Å². The van der Waals surface area contributed by atoms with Gasteiger partial charge < -0.3 is 10.8 Å². The molecule has 0 saturated heterocycles. The van der Waals surface area contributed by atoms with E-state index in [9.17, 15) is 9.50 Å². The lowest BCUT2D eigenvalue weighted by atomic mass is 9.86. The summed E-state index contributed by atoms with van der Waals surface area (Å²) < 4.78 is 12.9. The molecule has 0 aliphatic rings. The van der Waals surface area contributed by atoms with Crippen molar-refractivity contribution >= 4 is 0 Å². The molecule has 3 heteroatoms. The van der Waals surface area contributed by atoms with Crippen LogP contribution >= 0.6 is 0 Å². The molecule has 0 amide bonds. The number of aliphatic hydroxyl groups is 1. The number of hydrogen-bond donors (Lipinski definition) is 2. The van der Waals surface area contributed by atoms with Crippen molar-refractivity contribution in [3.05, 3.63) is 71.0 Å². The first-order chi connectivity index (χ1) is 9.97. The molecule has 0 aliphatic heterocycles. The molecule has 21 heavy (non-hydrogen) atoms. The maximum atomic E-state index is 12.9. The zero-order valence-electron chi connectivity index (χ0n) is 12.9. The summed E-state index contributed by atoms with van der Waals surface area (Å²) in [5.74, 6) is -0.331. The first-order valence-corrected chi connectivity index (χ1v) is 7.23. The SMILES string of the molecule is CCC.Cc1ccc(C(O)(CN)c2ccc(F)cc2)cc1. The van der Waals surface area contributed by atoms with Gasteiger partial charge in [-0.05, 0) is 30.2 Å². The maximum absolute atomic E-state index is 12.9. The lowest BCUT2D eigenvalue weighted by Gasteiger charge is -2.27. The van der Waals surface area contributed by atoms with Gasteiger partial charge in [0.05, 0.1) is 0 Å². The first kappa shape index (κ1) is 17.3. The molecule has 2 aromatic carbocycles. The van der Waals surface area contributed by atoms with Gasteiger partial charge in [-0.3, -0.25) is 0 Å². The zero-order valence-corrected chi connectivity index (χ0v) is 12.9. The fourth-order valence-corrected chi connectivity index (χ4v) is 1.96. The second kappa shape index (κ2) is 7.91. The van der Waals surface area contributed by atoms with E-state index in [0.29, 0.717) is 11.1 Å². The second-order valence-electron chi connectivity index (χ2n) is 5.14. The summed E-state index contributed by atoms with van der Waals surface area (Å²) in [5, 5.41) is 10.7. The van der Waals surface area contributed by atoms with Gasteiger partial charge in [-0.1, -0.05) is 62.2 Å².